The Balaban J connectivity index is 1.92. The molecule has 150 valence electrons. The van der Waals surface area contributed by atoms with Crippen LogP contribution in [0, 0.1) is 5.82 Å². The second-order valence-electron chi connectivity index (χ2n) is 6.66. The summed E-state index contributed by atoms with van der Waals surface area (Å²) in [7, 11) is 1.27. The van der Waals surface area contributed by atoms with Crippen LogP contribution in [0.3, 0.4) is 0 Å². The molecule has 0 aliphatic carbocycles. The number of aromatic hydroxyl groups is 1. The van der Waals surface area contributed by atoms with E-state index in [2.05, 4.69) is 10.4 Å². The fourth-order valence-electron chi connectivity index (χ4n) is 2.98. The number of rotatable bonds is 6. The van der Waals surface area contributed by atoms with Gasteiger partial charge in [-0.25, -0.2) is 4.39 Å². The molecule has 0 bridgehead atoms. The molecule has 2 aromatic carbocycles. The van der Waals surface area contributed by atoms with Gasteiger partial charge in [-0.2, -0.15) is 9.78 Å². The van der Waals surface area contributed by atoms with Gasteiger partial charge < -0.3 is 15.2 Å². The maximum atomic E-state index is 14.0. The molecule has 1 atom stereocenters. The van der Waals surface area contributed by atoms with Gasteiger partial charge in [0.1, 0.15) is 11.5 Å². The Bertz CT molecular complexity index is 1040. The molecule has 2 N–H and O–H groups in total. The van der Waals surface area contributed by atoms with Crippen LogP contribution in [0.25, 0.3) is 5.69 Å². The number of hydrogen-bond acceptors (Lipinski definition) is 5. The summed E-state index contributed by atoms with van der Waals surface area (Å²) in [5.74, 6) is -2.13. The Hall–Kier alpha value is -3.68. The fraction of sp³-hybridized carbons (Fsp3) is 0.190. The van der Waals surface area contributed by atoms with Crippen molar-refractivity contribution in [3.05, 3.63) is 77.7 Å². The van der Waals surface area contributed by atoms with E-state index in [1.807, 2.05) is 6.07 Å². The van der Waals surface area contributed by atoms with Crippen LogP contribution in [0.5, 0.6) is 5.88 Å². The van der Waals surface area contributed by atoms with E-state index < -0.39 is 29.1 Å². The number of ether oxygens (including phenoxy) is 1. The third-order valence-corrected chi connectivity index (χ3v) is 4.53. The summed E-state index contributed by atoms with van der Waals surface area (Å²) in [6.45, 7) is 1.69. The van der Waals surface area contributed by atoms with E-state index >= 15 is 0 Å². The van der Waals surface area contributed by atoms with Crippen LogP contribution in [0.4, 0.5) is 4.39 Å². The monoisotopic (exact) mass is 397 g/mol. The lowest BCUT2D eigenvalue weighted by atomic mass is 9.88. The number of carbonyl (C=O) groups is 2. The normalized spacial score (nSPS) is 12.8. The van der Waals surface area contributed by atoms with E-state index in [0.29, 0.717) is 5.56 Å². The predicted molar refractivity (Wildman–Crippen MR) is 103 cm³/mol. The van der Waals surface area contributed by atoms with Crippen molar-refractivity contribution in [2.24, 2.45) is 0 Å². The van der Waals surface area contributed by atoms with E-state index in [9.17, 15) is 19.1 Å². The molecular weight excluding hydrogens is 377 g/mol. The second kappa shape index (κ2) is 8.14. The van der Waals surface area contributed by atoms with Gasteiger partial charge in [0.2, 0.25) is 5.88 Å². The van der Waals surface area contributed by atoms with Crippen LogP contribution in [-0.4, -0.2) is 33.9 Å². The highest BCUT2D eigenvalue weighted by molar-refractivity contribution is 5.93. The first-order chi connectivity index (χ1) is 13.8. The quantitative estimate of drug-likeness (QED) is 0.624. The fourth-order valence-corrected chi connectivity index (χ4v) is 2.98. The van der Waals surface area contributed by atoms with E-state index in [-0.39, 0.29) is 17.8 Å². The predicted octanol–water partition coefficient (Wildman–Crippen LogP) is 2.93. The van der Waals surface area contributed by atoms with Gasteiger partial charge in [-0.3, -0.25) is 9.59 Å². The summed E-state index contributed by atoms with van der Waals surface area (Å²) >= 11 is 0. The molecular formula is C21H20FN3O4. The van der Waals surface area contributed by atoms with Crippen molar-refractivity contribution >= 4 is 11.9 Å². The maximum absolute atomic E-state index is 14.0. The van der Waals surface area contributed by atoms with Gasteiger partial charge >= 0.3 is 5.97 Å². The number of methoxy groups -OCH3 is 1. The number of esters is 1. The Morgan fingerprint density at radius 1 is 1.17 bits per heavy atom. The highest BCUT2D eigenvalue weighted by Crippen LogP contribution is 2.27. The maximum Gasteiger partial charge on any atom is 0.308 e. The summed E-state index contributed by atoms with van der Waals surface area (Å²) in [5.41, 5.74) is -0.512. The first kappa shape index (κ1) is 20.1. The molecule has 1 heterocycles. The average molecular weight is 397 g/mol. The molecule has 1 amide bonds. The van der Waals surface area contributed by atoms with Crippen LogP contribution in [-0.2, 0) is 15.1 Å². The van der Waals surface area contributed by atoms with Gasteiger partial charge in [0.15, 0.2) is 5.69 Å². The SMILES string of the molecule is COC(=O)C[C@@](C)(NC(=O)c1cc(O)n(-c2ccccc2F)n1)c1ccccc1. The summed E-state index contributed by atoms with van der Waals surface area (Å²) in [4.78, 5) is 24.8. The molecule has 0 spiro atoms. The number of amides is 1. The number of halogens is 1. The van der Waals surface area contributed by atoms with Gasteiger partial charge in [0.05, 0.1) is 19.1 Å². The molecule has 0 saturated heterocycles. The first-order valence-corrected chi connectivity index (χ1v) is 8.83. The van der Waals surface area contributed by atoms with E-state index in [4.69, 9.17) is 4.74 Å². The zero-order chi connectivity index (χ0) is 21.0. The van der Waals surface area contributed by atoms with E-state index in [0.717, 1.165) is 10.7 Å². The Morgan fingerprint density at radius 3 is 2.48 bits per heavy atom. The molecule has 0 aliphatic rings. The van der Waals surface area contributed by atoms with Crippen molar-refractivity contribution in [3.8, 4) is 11.6 Å². The van der Waals surface area contributed by atoms with Crippen molar-refractivity contribution in [1.29, 1.82) is 0 Å². The third-order valence-electron chi connectivity index (χ3n) is 4.53. The lowest BCUT2D eigenvalue weighted by Crippen LogP contribution is -2.45. The van der Waals surface area contributed by atoms with E-state index in [1.165, 1.54) is 25.3 Å². The Labute approximate surface area is 166 Å². The van der Waals surface area contributed by atoms with Crippen LogP contribution in [0.1, 0.15) is 29.4 Å². The smallest absolute Gasteiger partial charge is 0.308 e. The molecule has 0 radical (unpaired) electrons. The number of para-hydroxylation sites is 1. The summed E-state index contributed by atoms with van der Waals surface area (Å²) < 4.78 is 19.7. The number of carbonyl (C=O) groups excluding carboxylic acids is 2. The van der Waals surface area contributed by atoms with Gasteiger partial charge in [0.25, 0.3) is 5.91 Å². The van der Waals surface area contributed by atoms with Crippen LogP contribution in [0.15, 0.2) is 60.7 Å². The topological polar surface area (TPSA) is 93.5 Å². The van der Waals surface area contributed by atoms with E-state index in [1.54, 1.807) is 37.3 Å². The number of aromatic nitrogens is 2. The number of nitrogens with zero attached hydrogens (tertiary/aromatic N) is 2. The van der Waals surface area contributed by atoms with Gasteiger partial charge in [-0.05, 0) is 24.6 Å². The third kappa shape index (κ3) is 4.26. The first-order valence-electron chi connectivity index (χ1n) is 8.83. The zero-order valence-corrected chi connectivity index (χ0v) is 15.9. The van der Waals surface area contributed by atoms with Gasteiger partial charge in [-0.15, -0.1) is 0 Å². The van der Waals surface area contributed by atoms with Crippen molar-refractivity contribution in [3.63, 3.8) is 0 Å². The number of hydrogen-bond donors (Lipinski definition) is 2. The average Bonchev–Trinajstić information content (AvgIpc) is 3.10. The molecule has 1 aromatic heterocycles. The molecule has 8 heteroatoms. The highest BCUT2D eigenvalue weighted by Gasteiger charge is 2.33. The number of nitrogens with one attached hydrogen (secondary N) is 1. The van der Waals surface area contributed by atoms with Crippen molar-refractivity contribution in [2.45, 2.75) is 18.9 Å². The minimum atomic E-state index is -1.08. The van der Waals surface area contributed by atoms with Crippen LogP contribution < -0.4 is 5.32 Å². The molecule has 0 saturated carbocycles. The van der Waals surface area contributed by atoms with Crippen molar-refractivity contribution in [2.75, 3.05) is 7.11 Å². The highest BCUT2D eigenvalue weighted by atomic mass is 19.1. The minimum Gasteiger partial charge on any atom is -0.493 e. The molecule has 0 aliphatic heterocycles. The minimum absolute atomic E-state index is 0.00410. The van der Waals surface area contributed by atoms with Gasteiger partial charge in [-0.1, -0.05) is 42.5 Å². The molecule has 7 nitrogen and oxygen atoms in total. The summed E-state index contributed by atoms with van der Waals surface area (Å²) in [6.07, 6.45) is -0.112. The van der Waals surface area contributed by atoms with Crippen molar-refractivity contribution < 1.29 is 23.8 Å². The second-order valence-corrected chi connectivity index (χ2v) is 6.66. The van der Waals surface area contributed by atoms with Crippen LogP contribution >= 0.6 is 0 Å². The van der Waals surface area contributed by atoms with Crippen LogP contribution in [0.2, 0.25) is 0 Å². The molecule has 3 aromatic rings. The summed E-state index contributed by atoms with van der Waals surface area (Å²) in [6, 6.07) is 15.8. The van der Waals surface area contributed by atoms with Crippen molar-refractivity contribution in [1.82, 2.24) is 15.1 Å². The Morgan fingerprint density at radius 2 is 1.83 bits per heavy atom. The molecule has 0 unspecified atom stereocenters. The molecule has 29 heavy (non-hydrogen) atoms. The molecule has 3 rings (SSSR count). The zero-order valence-electron chi connectivity index (χ0n) is 15.9. The Kier molecular flexibility index (Phi) is 5.63. The largest absolute Gasteiger partial charge is 0.493 e. The lowest BCUT2D eigenvalue weighted by molar-refractivity contribution is -0.142. The van der Waals surface area contributed by atoms with Gasteiger partial charge in [0, 0.05) is 6.07 Å². The molecule has 0 fully saturated rings. The standard InChI is InChI=1S/C21H20FN3O4/c1-21(13-19(27)29-2,14-8-4-3-5-9-14)23-20(28)16-12-18(26)25(24-16)17-11-7-6-10-15(17)22/h3-12,26H,13H2,1-2H3,(H,23,28)/t21-/m1/s1. The number of benzene rings is 2. The summed E-state index contributed by atoms with van der Waals surface area (Å²) in [5, 5.41) is 16.9. The lowest BCUT2D eigenvalue weighted by Gasteiger charge is -2.30.